The Bertz CT molecular complexity index is 349. The minimum atomic E-state index is -0.342. The van der Waals surface area contributed by atoms with Crippen LogP contribution in [-0.2, 0) is 9.53 Å². The molecule has 0 saturated heterocycles. The van der Waals surface area contributed by atoms with Gasteiger partial charge in [-0.3, -0.25) is 0 Å². The second-order valence-electron chi connectivity index (χ2n) is 3.90. The first-order chi connectivity index (χ1) is 7.54. The third kappa shape index (κ3) is 3.42. The van der Waals surface area contributed by atoms with Gasteiger partial charge in [0.2, 0.25) is 0 Å². The molecule has 1 aromatic carbocycles. The van der Waals surface area contributed by atoms with E-state index in [4.69, 9.17) is 16.3 Å². The standard InChI is InChI=1S/C12H16ClNO2/c1-8(2)11(12(15)16-3)14-10-6-4-9(13)5-7-10/h4-8,11,14H,1-3H3. The molecule has 0 aliphatic heterocycles. The highest BCUT2D eigenvalue weighted by Crippen LogP contribution is 2.17. The molecule has 0 amide bonds. The normalized spacial score (nSPS) is 12.3. The van der Waals surface area contributed by atoms with E-state index in [-0.39, 0.29) is 17.9 Å². The van der Waals surface area contributed by atoms with Gasteiger partial charge in [0.05, 0.1) is 7.11 Å². The number of anilines is 1. The number of carbonyl (C=O) groups is 1. The van der Waals surface area contributed by atoms with Crippen molar-refractivity contribution in [1.82, 2.24) is 0 Å². The van der Waals surface area contributed by atoms with Crippen molar-refractivity contribution in [3.8, 4) is 0 Å². The molecule has 0 saturated carbocycles. The summed E-state index contributed by atoms with van der Waals surface area (Å²) < 4.78 is 4.74. The molecule has 1 unspecified atom stereocenters. The molecule has 1 aromatic rings. The first kappa shape index (κ1) is 12.8. The summed E-state index contributed by atoms with van der Waals surface area (Å²) in [5, 5.41) is 3.79. The van der Waals surface area contributed by atoms with E-state index in [1.54, 1.807) is 12.1 Å². The van der Waals surface area contributed by atoms with Crippen LogP contribution in [0.1, 0.15) is 13.8 Å². The van der Waals surface area contributed by atoms with E-state index in [0.29, 0.717) is 5.02 Å². The lowest BCUT2D eigenvalue weighted by Crippen LogP contribution is -2.35. The molecule has 0 aromatic heterocycles. The van der Waals surface area contributed by atoms with Crippen LogP contribution >= 0.6 is 11.6 Å². The highest BCUT2D eigenvalue weighted by molar-refractivity contribution is 6.30. The fraction of sp³-hybridized carbons (Fsp3) is 0.417. The first-order valence-corrected chi connectivity index (χ1v) is 5.52. The molecule has 0 spiro atoms. The molecular weight excluding hydrogens is 226 g/mol. The Hall–Kier alpha value is -1.22. The minimum Gasteiger partial charge on any atom is -0.467 e. The van der Waals surface area contributed by atoms with E-state index in [9.17, 15) is 4.79 Å². The Morgan fingerprint density at radius 3 is 2.31 bits per heavy atom. The van der Waals surface area contributed by atoms with E-state index in [1.807, 2.05) is 26.0 Å². The van der Waals surface area contributed by atoms with Crippen molar-refractivity contribution in [2.45, 2.75) is 19.9 Å². The summed E-state index contributed by atoms with van der Waals surface area (Å²) in [6, 6.07) is 6.88. The largest absolute Gasteiger partial charge is 0.467 e. The van der Waals surface area contributed by atoms with Crippen LogP contribution in [0, 0.1) is 5.92 Å². The van der Waals surface area contributed by atoms with E-state index in [1.165, 1.54) is 7.11 Å². The van der Waals surface area contributed by atoms with Crippen molar-refractivity contribution in [2.75, 3.05) is 12.4 Å². The second kappa shape index (κ2) is 5.75. The molecule has 0 fully saturated rings. The minimum absolute atomic E-state index is 0.156. The van der Waals surface area contributed by atoms with Crippen molar-refractivity contribution < 1.29 is 9.53 Å². The number of benzene rings is 1. The predicted octanol–water partition coefficient (Wildman–Crippen LogP) is 2.95. The zero-order valence-electron chi connectivity index (χ0n) is 9.66. The van der Waals surface area contributed by atoms with Crippen molar-refractivity contribution in [2.24, 2.45) is 5.92 Å². The SMILES string of the molecule is COC(=O)C(Nc1ccc(Cl)cc1)C(C)C. The summed E-state index contributed by atoms with van der Waals surface area (Å²) in [6.45, 7) is 3.93. The molecule has 0 bridgehead atoms. The average molecular weight is 242 g/mol. The third-order valence-corrected chi connectivity index (χ3v) is 2.54. The number of methoxy groups -OCH3 is 1. The van der Waals surface area contributed by atoms with Crippen LogP contribution in [0.5, 0.6) is 0 Å². The average Bonchev–Trinajstić information content (AvgIpc) is 2.27. The van der Waals surface area contributed by atoms with Gasteiger partial charge >= 0.3 is 5.97 Å². The number of hydrogen-bond acceptors (Lipinski definition) is 3. The number of hydrogen-bond donors (Lipinski definition) is 1. The van der Waals surface area contributed by atoms with Crippen LogP contribution in [0.3, 0.4) is 0 Å². The van der Waals surface area contributed by atoms with E-state index < -0.39 is 0 Å². The van der Waals surface area contributed by atoms with Gasteiger partial charge in [-0.2, -0.15) is 0 Å². The zero-order chi connectivity index (χ0) is 12.1. The number of esters is 1. The summed E-state index contributed by atoms with van der Waals surface area (Å²) in [7, 11) is 1.39. The van der Waals surface area contributed by atoms with Crippen LogP contribution in [0.2, 0.25) is 5.02 Å². The molecule has 0 heterocycles. The van der Waals surface area contributed by atoms with Crippen LogP contribution in [0.15, 0.2) is 24.3 Å². The number of ether oxygens (including phenoxy) is 1. The molecule has 0 aliphatic carbocycles. The van der Waals surface area contributed by atoms with Gasteiger partial charge in [0, 0.05) is 10.7 Å². The highest BCUT2D eigenvalue weighted by atomic mass is 35.5. The van der Waals surface area contributed by atoms with Gasteiger partial charge in [-0.1, -0.05) is 25.4 Å². The summed E-state index contributed by atoms with van der Waals surface area (Å²) >= 11 is 5.78. The third-order valence-electron chi connectivity index (χ3n) is 2.29. The number of carbonyl (C=O) groups excluding carboxylic acids is 1. The fourth-order valence-electron chi connectivity index (χ4n) is 1.35. The van der Waals surface area contributed by atoms with Crippen LogP contribution in [0.25, 0.3) is 0 Å². The topological polar surface area (TPSA) is 38.3 Å². The Labute approximate surface area is 101 Å². The monoisotopic (exact) mass is 241 g/mol. The number of halogens is 1. The molecule has 1 atom stereocenters. The van der Waals surface area contributed by atoms with Crippen molar-refractivity contribution in [3.05, 3.63) is 29.3 Å². The van der Waals surface area contributed by atoms with Crippen molar-refractivity contribution >= 4 is 23.3 Å². The Morgan fingerprint density at radius 1 is 1.31 bits per heavy atom. The molecule has 0 radical (unpaired) electrons. The molecular formula is C12H16ClNO2. The second-order valence-corrected chi connectivity index (χ2v) is 4.33. The van der Waals surface area contributed by atoms with Gasteiger partial charge < -0.3 is 10.1 Å². The summed E-state index contributed by atoms with van der Waals surface area (Å²) in [4.78, 5) is 11.5. The molecule has 1 rings (SSSR count). The lowest BCUT2D eigenvalue weighted by atomic mass is 10.0. The molecule has 1 N–H and O–H groups in total. The van der Waals surface area contributed by atoms with E-state index in [0.717, 1.165) is 5.69 Å². The van der Waals surface area contributed by atoms with Crippen LogP contribution in [0.4, 0.5) is 5.69 Å². The quantitative estimate of drug-likeness (QED) is 0.824. The maximum absolute atomic E-state index is 11.5. The van der Waals surface area contributed by atoms with Gasteiger partial charge in [-0.25, -0.2) is 4.79 Å². The molecule has 16 heavy (non-hydrogen) atoms. The maximum Gasteiger partial charge on any atom is 0.328 e. The molecule has 3 nitrogen and oxygen atoms in total. The van der Waals surface area contributed by atoms with Crippen molar-refractivity contribution in [1.29, 1.82) is 0 Å². The molecule has 88 valence electrons. The van der Waals surface area contributed by atoms with Gasteiger partial charge in [-0.15, -0.1) is 0 Å². The van der Waals surface area contributed by atoms with Crippen molar-refractivity contribution in [3.63, 3.8) is 0 Å². The zero-order valence-corrected chi connectivity index (χ0v) is 10.4. The number of nitrogens with one attached hydrogen (secondary N) is 1. The smallest absolute Gasteiger partial charge is 0.328 e. The molecule has 0 aliphatic rings. The maximum atomic E-state index is 11.5. The summed E-state index contributed by atoms with van der Waals surface area (Å²) in [6.07, 6.45) is 0. The fourth-order valence-corrected chi connectivity index (χ4v) is 1.48. The highest BCUT2D eigenvalue weighted by Gasteiger charge is 2.22. The summed E-state index contributed by atoms with van der Waals surface area (Å²) in [5.41, 5.74) is 0.855. The Balaban J connectivity index is 2.75. The Morgan fingerprint density at radius 2 is 1.88 bits per heavy atom. The number of rotatable bonds is 4. The Kier molecular flexibility index (Phi) is 4.62. The van der Waals surface area contributed by atoms with Crippen LogP contribution in [-0.4, -0.2) is 19.1 Å². The van der Waals surface area contributed by atoms with Crippen LogP contribution < -0.4 is 5.32 Å². The van der Waals surface area contributed by atoms with Gasteiger partial charge in [-0.05, 0) is 30.2 Å². The van der Waals surface area contributed by atoms with E-state index in [2.05, 4.69) is 5.32 Å². The first-order valence-electron chi connectivity index (χ1n) is 5.14. The van der Waals surface area contributed by atoms with Gasteiger partial charge in [0.1, 0.15) is 6.04 Å². The van der Waals surface area contributed by atoms with Gasteiger partial charge in [0.25, 0.3) is 0 Å². The van der Waals surface area contributed by atoms with E-state index >= 15 is 0 Å². The molecule has 4 heteroatoms. The lowest BCUT2D eigenvalue weighted by Gasteiger charge is -2.20. The van der Waals surface area contributed by atoms with Gasteiger partial charge in [0.15, 0.2) is 0 Å². The summed E-state index contributed by atoms with van der Waals surface area (Å²) in [5.74, 6) is -0.104. The lowest BCUT2D eigenvalue weighted by molar-refractivity contribution is -0.142. The predicted molar refractivity (Wildman–Crippen MR) is 65.7 cm³/mol.